The zero-order valence-corrected chi connectivity index (χ0v) is 18.2. The Hall–Kier alpha value is 0.880. The Morgan fingerprint density at radius 1 is 0.400 bits per heavy atom. The molecule has 126 valence electrons. The van der Waals surface area contributed by atoms with Crippen LogP contribution in [0, 0.1) is 0 Å². The Kier molecular flexibility index (Phi) is 17.5. The summed E-state index contributed by atoms with van der Waals surface area (Å²) in [7, 11) is 13.7. The van der Waals surface area contributed by atoms with Crippen molar-refractivity contribution in [3.8, 4) is 0 Å². The molecule has 0 rings (SSSR count). The predicted molar refractivity (Wildman–Crippen MR) is 103 cm³/mol. The number of nitrogens with zero attached hydrogens (tertiary/aromatic N) is 2. The summed E-state index contributed by atoms with van der Waals surface area (Å²) in [5.74, 6) is 0. The van der Waals surface area contributed by atoms with Gasteiger partial charge in [-0.05, 0) is 25.7 Å². The van der Waals surface area contributed by atoms with Crippen molar-refractivity contribution in [1.29, 1.82) is 0 Å². The van der Waals surface area contributed by atoms with E-state index in [9.17, 15) is 0 Å². The maximum absolute atomic E-state index is 2.29. The van der Waals surface area contributed by atoms with E-state index in [1.807, 2.05) is 0 Å². The number of halogens is 2. The topological polar surface area (TPSA) is 0 Å². The summed E-state index contributed by atoms with van der Waals surface area (Å²) in [4.78, 5) is 0. The summed E-state index contributed by atoms with van der Waals surface area (Å²) in [6, 6.07) is 0. The number of rotatable bonds is 11. The molecule has 0 fully saturated rings. The van der Waals surface area contributed by atoms with Gasteiger partial charge in [0.2, 0.25) is 0 Å². The molecule has 0 radical (unpaired) electrons. The Morgan fingerprint density at radius 2 is 0.600 bits per heavy atom. The van der Waals surface area contributed by atoms with Gasteiger partial charge < -0.3 is 8.97 Å². The van der Waals surface area contributed by atoms with E-state index in [0.717, 1.165) is 8.97 Å². The first-order valence-corrected chi connectivity index (χ1v) is 7.82. The third kappa shape index (κ3) is 23.9. The van der Waals surface area contributed by atoms with Crippen LogP contribution in [0.3, 0.4) is 0 Å². The van der Waals surface area contributed by atoms with Crippen molar-refractivity contribution < 1.29 is 8.97 Å². The lowest BCUT2D eigenvalue weighted by molar-refractivity contribution is -0.870. The smallest absolute Gasteiger partial charge is 0.0780 e. The maximum Gasteiger partial charge on any atom is 0.0780 e. The van der Waals surface area contributed by atoms with Gasteiger partial charge in [-0.2, -0.15) is 0 Å². The first-order valence-electron chi connectivity index (χ1n) is 7.82. The summed E-state index contributed by atoms with van der Waals surface area (Å²) >= 11 is 0. The van der Waals surface area contributed by atoms with Crippen LogP contribution in [0.5, 0.6) is 0 Å². The van der Waals surface area contributed by atoms with Gasteiger partial charge in [-0.3, -0.25) is 0 Å². The second-order valence-electron chi connectivity index (χ2n) is 7.86. The molecule has 0 heterocycles. The fourth-order valence-electron chi connectivity index (χ4n) is 2.23. The summed E-state index contributed by atoms with van der Waals surface area (Å²) in [5.41, 5.74) is 0. The van der Waals surface area contributed by atoms with Crippen LogP contribution in [0.1, 0.15) is 51.4 Å². The lowest BCUT2D eigenvalue weighted by Gasteiger charge is -2.23. The molecule has 0 N–H and O–H groups in total. The van der Waals surface area contributed by atoms with E-state index >= 15 is 0 Å². The van der Waals surface area contributed by atoms with Crippen molar-refractivity contribution in [2.45, 2.75) is 51.4 Å². The Labute approximate surface area is 149 Å². The molecule has 0 saturated heterocycles. The van der Waals surface area contributed by atoms with Crippen molar-refractivity contribution in [1.82, 2.24) is 0 Å². The fraction of sp³-hybridized carbons (Fsp3) is 1.00. The molecular weight excluding hydrogens is 380 g/mol. The molecule has 0 aliphatic rings. The largest absolute Gasteiger partial charge is 0.331 e. The maximum atomic E-state index is 2.29. The van der Waals surface area contributed by atoms with Crippen LogP contribution in [0.15, 0.2) is 0 Å². The van der Waals surface area contributed by atoms with E-state index in [1.54, 1.807) is 0 Å². The van der Waals surface area contributed by atoms with Crippen molar-refractivity contribution in [2.75, 3.05) is 55.4 Å². The molecule has 0 aliphatic heterocycles. The second kappa shape index (κ2) is 13.5. The molecule has 0 amide bonds. The third-order valence-electron chi connectivity index (χ3n) is 3.41. The molecule has 0 bridgehead atoms. The lowest BCUT2D eigenvalue weighted by atomic mass is 10.1. The van der Waals surface area contributed by atoms with Gasteiger partial charge in [-0.15, -0.1) is 34.0 Å². The van der Waals surface area contributed by atoms with E-state index in [4.69, 9.17) is 0 Å². The Morgan fingerprint density at radius 3 is 0.800 bits per heavy atom. The molecule has 0 spiro atoms. The van der Waals surface area contributed by atoms with Crippen molar-refractivity contribution >= 4 is 34.0 Å². The molecule has 20 heavy (non-hydrogen) atoms. The van der Waals surface area contributed by atoms with Crippen LogP contribution in [0.4, 0.5) is 0 Å². The van der Waals surface area contributed by atoms with Crippen LogP contribution in [0.25, 0.3) is 0 Å². The highest BCUT2D eigenvalue weighted by Crippen LogP contribution is 2.10. The zero-order valence-electron chi connectivity index (χ0n) is 14.8. The third-order valence-corrected chi connectivity index (χ3v) is 3.41. The first-order chi connectivity index (χ1) is 8.21. The SMILES string of the molecule is Br.Br.C[N+](C)(C)CCCCCCCCCC[N+](C)(C)C. The highest BCUT2D eigenvalue weighted by Gasteiger charge is 2.06. The number of quaternary nitrogens is 2. The second-order valence-corrected chi connectivity index (χ2v) is 7.86. The quantitative estimate of drug-likeness (QED) is 0.337. The minimum Gasteiger partial charge on any atom is -0.331 e. The molecule has 2 nitrogen and oxygen atoms in total. The molecule has 0 aromatic heterocycles. The Balaban J connectivity index is -0.00000144. The van der Waals surface area contributed by atoms with Crippen molar-refractivity contribution in [2.24, 2.45) is 0 Å². The zero-order chi connectivity index (χ0) is 14.1. The van der Waals surface area contributed by atoms with Crippen LogP contribution in [-0.2, 0) is 0 Å². The molecule has 4 heteroatoms. The number of hydrogen-bond acceptors (Lipinski definition) is 0. The van der Waals surface area contributed by atoms with Crippen LogP contribution in [-0.4, -0.2) is 64.3 Å². The van der Waals surface area contributed by atoms with Gasteiger partial charge in [0.05, 0.1) is 55.4 Å². The molecule has 0 saturated carbocycles. The number of hydrogen-bond donors (Lipinski definition) is 0. The van der Waals surface area contributed by atoms with Gasteiger partial charge in [-0.25, -0.2) is 0 Å². The predicted octanol–water partition coefficient (Wildman–Crippen LogP) is 4.68. The molecular formula is C16H40Br2N2+2. The van der Waals surface area contributed by atoms with Gasteiger partial charge in [0.25, 0.3) is 0 Å². The minimum atomic E-state index is 0. The van der Waals surface area contributed by atoms with Gasteiger partial charge in [-0.1, -0.05) is 25.7 Å². The molecule has 0 atom stereocenters. The first kappa shape index (κ1) is 25.8. The average Bonchev–Trinajstić information content (AvgIpc) is 2.17. The van der Waals surface area contributed by atoms with Crippen LogP contribution in [0.2, 0.25) is 0 Å². The molecule has 0 aromatic rings. The van der Waals surface area contributed by atoms with Gasteiger partial charge >= 0.3 is 0 Å². The lowest BCUT2D eigenvalue weighted by Crippen LogP contribution is -2.35. The van der Waals surface area contributed by atoms with E-state index in [2.05, 4.69) is 42.3 Å². The fourth-order valence-corrected chi connectivity index (χ4v) is 2.23. The van der Waals surface area contributed by atoms with E-state index in [1.165, 1.54) is 64.5 Å². The van der Waals surface area contributed by atoms with Crippen molar-refractivity contribution in [3.63, 3.8) is 0 Å². The summed E-state index contributed by atoms with van der Waals surface area (Å²) < 4.78 is 2.23. The minimum absolute atomic E-state index is 0. The van der Waals surface area contributed by atoms with E-state index in [0.29, 0.717) is 0 Å². The molecule has 0 aliphatic carbocycles. The number of unbranched alkanes of at least 4 members (excludes halogenated alkanes) is 7. The van der Waals surface area contributed by atoms with Gasteiger partial charge in [0.1, 0.15) is 0 Å². The molecule has 0 unspecified atom stereocenters. The molecule has 0 aromatic carbocycles. The summed E-state index contributed by atoms with van der Waals surface area (Å²) in [6.45, 7) is 2.65. The van der Waals surface area contributed by atoms with Crippen LogP contribution < -0.4 is 0 Å². The summed E-state index contributed by atoms with van der Waals surface area (Å²) in [6.07, 6.45) is 11.4. The van der Waals surface area contributed by atoms with Crippen LogP contribution >= 0.6 is 34.0 Å². The summed E-state index contributed by atoms with van der Waals surface area (Å²) in [5, 5.41) is 0. The Bertz CT molecular complexity index is 174. The standard InChI is InChI=1S/C16H38N2.2BrH/c1-17(2,3)15-13-11-9-7-8-10-12-14-16-18(4,5)6;;/h7-16H2,1-6H3;2*1H/q+2;;. The van der Waals surface area contributed by atoms with E-state index in [-0.39, 0.29) is 34.0 Å². The van der Waals surface area contributed by atoms with Crippen molar-refractivity contribution in [3.05, 3.63) is 0 Å². The van der Waals surface area contributed by atoms with E-state index < -0.39 is 0 Å². The van der Waals surface area contributed by atoms with Gasteiger partial charge in [0.15, 0.2) is 0 Å². The monoisotopic (exact) mass is 418 g/mol. The highest BCUT2D eigenvalue weighted by molar-refractivity contribution is 8.93. The normalized spacial score (nSPS) is 11.7. The van der Waals surface area contributed by atoms with Gasteiger partial charge in [0, 0.05) is 0 Å². The average molecular weight is 420 g/mol. The highest BCUT2D eigenvalue weighted by atomic mass is 79.9.